The number of non-ortho nitro benzene ring substituents is 1. The summed E-state index contributed by atoms with van der Waals surface area (Å²) in [6.45, 7) is 0. The van der Waals surface area contributed by atoms with Crippen LogP contribution in [-0.4, -0.2) is 29.7 Å². The van der Waals surface area contributed by atoms with E-state index >= 15 is 0 Å². The number of rotatable bonds is 4. The molecule has 0 saturated carbocycles. The molecule has 5 rings (SSSR count). The van der Waals surface area contributed by atoms with Crippen molar-refractivity contribution in [1.82, 2.24) is 24.7 Å². The van der Waals surface area contributed by atoms with E-state index in [9.17, 15) is 23.3 Å². The molecule has 3 aromatic heterocycles. The van der Waals surface area contributed by atoms with Crippen LogP contribution in [0.4, 0.5) is 18.9 Å². The molecule has 0 bridgehead atoms. The molecule has 0 aliphatic heterocycles. The number of fused-ring (bicyclic) bond motifs is 1. The Morgan fingerprint density at radius 3 is 2.26 bits per heavy atom. The maximum atomic E-state index is 13.8. The number of nitro benzene ring substituents is 1. The number of alkyl halides is 3. The van der Waals surface area contributed by atoms with Crippen LogP contribution in [0.1, 0.15) is 5.69 Å². The Morgan fingerprint density at radius 1 is 0.941 bits per heavy atom. The Hall–Kier alpha value is -4.32. The third kappa shape index (κ3) is 3.94. The monoisotopic (exact) mass is 486 g/mol. The zero-order valence-electron chi connectivity index (χ0n) is 16.7. The van der Waals surface area contributed by atoms with Crippen molar-refractivity contribution in [3.8, 4) is 34.2 Å². The van der Waals surface area contributed by atoms with E-state index in [1.165, 1.54) is 30.3 Å². The standard InChI is InChI=1S/C21H10ClF3N6O3/c22-13-5-1-11(2-6-13)15-9-17(21(23,24)25)30-18(26-15)10-16(28-30)20-27-19(29-34-20)12-3-7-14(8-4-12)31(32)33/h1-10H. The number of nitro groups is 1. The first kappa shape index (κ1) is 21.5. The minimum Gasteiger partial charge on any atom is -0.332 e. The first-order valence-electron chi connectivity index (χ1n) is 9.52. The SMILES string of the molecule is O=[N+]([O-])c1ccc(-c2noc(-c3cc4nc(-c5ccc(Cl)cc5)cc(C(F)(F)F)n4n3)n2)cc1. The van der Waals surface area contributed by atoms with E-state index in [0.29, 0.717) is 20.7 Å². The molecule has 9 nitrogen and oxygen atoms in total. The summed E-state index contributed by atoms with van der Waals surface area (Å²) in [6.07, 6.45) is -4.72. The largest absolute Gasteiger partial charge is 0.433 e. The highest BCUT2D eigenvalue weighted by atomic mass is 35.5. The van der Waals surface area contributed by atoms with Gasteiger partial charge in [-0.05, 0) is 30.3 Å². The fourth-order valence-electron chi connectivity index (χ4n) is 3.23. The van der Waals surface area contributed by atoms with E-state index in [-0.39, 0.29) is 34.4 Å². The number of hydrogen-bond donors (Lipinski definition) is 0. The van der Waals surface area contributed by atoms with E-state index in [1.807, 2.05) is 0 Å². The maximum absolute atomic E-state index is 13.8. The molecule has 0 aliphatic carbocycles. The highest BCUT2D eigenvalue weighted by molar-refractivity contribution is 6.30. The van der Waals surface area contributed by atoms with Gasteiger partial charge < -0.3 is 4.52 Å². The van der Waals surface area contributed by atoms with Crippen LogP contribution in [-0.2, 0) is 6.18 Å². The molecule has 0 N–H and O–H groups in total. The first-order valence-corrected chi connectivity index (χ1v) is 9.90. The zero-order valence-corrected chi connectivity index (χ0v) is 17.4. The van der Waals surface area contributed by atoms with Gasteiger partial charge in [-0.3, -0.25) is 10.1 Å². The van der Waals surface area contributed by atoms with Gasteiger partial charge in [-0.25, -0.2) is 9.50 Å². The van der Waals surface area contributed by atoms with Crippen molar-refractivity contribution in [2.45, 2.75) is 6.18 Å². The molecule has 170 valence electrons. The molecule has 0 aliphatic rings. The van der Waals surface area contributed by atoms with Crippen LogP contribution in [0.25, 0.3) is 39.9 Å². The molecule has 3 heterocycles. The summed E-state index contributed by atoms with van der Waals surface area (Å²) in [6, 6.07) is 13.8. The lowest BCUT2D eigenvalue weighted by atomic mass is 10.1. The summed E-state index contributed by atoms with van der Waals surface area (Å²) in [7, 11) is 0. The van der Waals surface area contributed by atoms with Gasteiger partial charge in [0.25, 0.3) is 11.6 Å². The van der Waals surface area contributed by atoms with Crippen molar-refractivity contribution in [2.24, 2.45) is 0 Å². The molecule has 5 aromatic rings. The third-order valence-electron chi connectivity index (χ3n) is 4.84. The summed E-state index contributed by atoms with van der Waals surface area (Å²) < 4.78 is 47.2. The average molecular weight is 487 g/mol. The van der Waals surface area contributed by atoms with E-state index < -0.39 is 16.8 Å². The van der Waals surface area contributed by atoms with E-state index in [4.69, 9.17) is 16.1 Å². The van der Waals surface area contributed by atoms with Crippen LogP contribution in [0.15, 0.2) is 65.2 Å². The summed E-state index contributed by atoms with van der Waals surface area (Å²) in [5.41, 5.74) is -0.308. The van der Waals surface area contributed by atoms with Crippen LogP contribution in [0.5, 0.6) is 0 Å². The van der Waals surface area contributed by atoms with Gasteiger partial charge in [0.2, 0.25) is 5.82 Å². The van der Waals surface area contributed by atoms with Gasteiger partial charge in [0.05, 0.1) is 10.6 Å². The zero-order chi connectivity index (χ0) is 24.0. The molecule has 34 heavy (non-hydrogen) atoms. The number of aromatic nitrogens is 5. The summed E-state index contributed by atoms with van der Waals surface area (Å²) >= 11 is 5.87. The van der Waals surface area contributed by atoms with Crippen LogP contribution in [0.2, 0.25) is 5.02 Å². The van der Waals surface area contributed by atoms with Crippen molar-refractivity contribution in [3.63, 3.8) is 0 Å². The van der Waals surface area contributed by atoms with Crippen LogP contribution < -0.4 is 0 Å². The molecular formula is C21H10ClF3N6O3. The molecule has 0 fully saturated rings. The third-order valence-corrected chi connectivity index (χ3v) is 5.09. The molecule has 0 unspecified atom stereocenters. The van der Waals surface area contributed by atoms with E-state index in [1.54, 1.807) is 24.3 Å². The number of benzene rings is 2. The van der Waals surface area contributed by atoms with Crippen molar-refractivity contribution >= 4 is 22.9 Å². The van der Waals surface area contributed by atoms with Gasteiger partial charge in [0, 0.05) is 34.3 Å². The molecule has 0 amide bonds. The molecule has 0 saturated heterocycles. The summed E-state index contributed by atoms with van der Waals surface area (Å²) in [4.78, 5) is 18.7. The Labute approximate surface area is 192 Å². The fraction of sp³-hybridized carbons (Fsp3) is 0.0476. The van der Waals surface area contributed by atoms with Gasteiger partial charge >= 0.3 is 6.18 Å². The normalized spacial score (nSPS) is 11.8. The lowest BCUT2D eigenvalue weighted by Crippen LogP contribution is -2.13. The lowest BCUT2D eigenvalue weighted by Gasteiger charge is -2.11. The smallest absolute Gasteiger partial charge is 0.332 e. The second-order valence-electron chi connectivity index (χ2n) is 7.06. The Kier molecular flexibility index (Phi) is 5.01. The topological polar surface area (TPSA) is 112 Å². The van der Waals surface area contributed by atoms with Crippen molar-refractivity contribution in [2.75, 3.05) is 0 Å². The Morgan fingerprint density at radius 2 is 1.62 bits per heavy atom. The molecule has 0 atom stereocenters. The van der Waals surface area contributed by atoms with E-state index in [0.717, 1.165) is 6.07 Å². The fourth-order valence-corrected chi connectivity index (χ4v) is 3.35. The number of hydrogen-bond acceptors (Lipinski definition) is 7. The van der Waals surface area contributed by atoms with Crippen LogP contribution in [0.3, 0.4) is 0 Å². The Bertz CT molecular complexity index is 1530. The molecular weight excluding hydrogens is 477 g/mol. The highest BCUT2D eigenvalue weighted by Crippen LogP contribution is 2.33. The average Bonchev–Trinajstić information content (AvgIpc) is 3.45. The lowest BCUT2D eigenvalue weighted by molar-refractivity contribution is -0.384. The van der Waals surface area contributed by atoms with Gasteiger partial charge in [-0.15, -0.1) is 0 Å². The predicted octanol–water partition coefficient (Wildman–Crippen LogP) is 5.69. The predicted molar refractivity (Wildman–Crippen MR) is 114 cm³/mol. The first-order chi connectivity index (χ1) is 16.2. The highest BCUT2D eigenvalue weighted by Gasteiger charge is 2.35. The molecule has 0 spiro atoms. The Balaban J connectivity index is 1.57. The summed E-state index contributed by atoms with van der Waals surface area (Å²) in [5.74, 6) is -0.0483. The van der Waals surface area contributed by atoms with Crippen molar-refractivity contribution < 1.29 is 22.6 Å². The quantitative estimate of drug-likeness (QED) is 0.237. The minimum absolute atomic E-state index is 0.0214. The second kappa shape index (κ2) is 7.92. The van der Waals surface area contributed by atoms with Gasteiger partial charge in [0.1, 0.15) is 0 Å². The second-order valence-corrected chi connectivity index (χ2v) is 7.49. The maximum Gasteiger partial charge on any atom is 0.433 e. The molecule has 0 radical (unpaired) electrons. The van der Waals surface area contributed by atoms with Crippen molar-refractivity contribution in [1.29, 1.82) is 0 Å². The van der Waals surface area contributed by atoms with E-state index in [2.05, 4.69) is 20.2 Å². The van der Waals surface area contributed by atoms with Crippen LogP contribution in [0, 0.1) is 10.1 Å². The van der Waals surface area contributed by atoms with Gasteiger partial charge in [0.15, 0.2) is 17.0 Å². The minimum atomic E-state index is -4.72. The number of nitrogens with zero attached hydrogens (tertiary/aromatic N) is 6. The number of halogens is 4. The van der Waals surface area contributed by atoms with Crippen LogP contribution >= 0.6 is 11.6 Å². The van der Waals surface area contributed by atoms with Crippen molar-refractivity contribution in [3.05, 3.63) is 81.5 Å². The van der Waals surface area contributed by atoms with Gasteiger partial charge in [-0.1, -0.05) is 28.9 Å². The molecule has 13 heteroatoms. The molecule has 2 aromatic carbocycles. The summed E-state index contributed by atoms with van der Waals surface area (Å²) in [5, 5.41) is 19.0. The van der Waals surface area contributed by atoms with Gasteiger partial charge in [-0.2, -0.15) is 23.3 Å².